The van der Waals surface area contributed by atoms with Gasteiger partial charge in [-0.15, -0.1) is 0 Å². The van der Waals surface area contributed by atoms with Gasteiger partial charge in [0.15, 0.2) is 28.1 Å². The molecule has 208 valence electrons. The number of carbonyl (C=O) groups excluding carboxylic acids is 2. The van der Waals surface area contributed by atoms with Crippen LogP contribution in [0.1, 0.15) is 54.6 Å². The van der Waals surface area contributed by atoms with Crippen LogP contribution in [0.25, 0.3) is 10.2 Å². The van der Waals surface area contributed by atoms with Gasteiger partial charge in [0.1, 0.15) is 11.5 Å². The molecule has 5 rings (SSSR count). The van der Waals surface area contributed by atoms with Gasteiger partial charge in [-0.1, -0.05) is 30.7 Å². The summed E-state index contributed by atoms with van der Waals surface area (Å²) < 4.78 is 23.5. The second kappa shape index (κ2) is 11.4. The second-order valence-corrected chi connectivity index (χ2v) is 10.3. The first kappa shape index (κ1) is 27.3. The van der Waals surface area contributed by atoms with Crippen LogP contribution in [-0.2, 0) is 4.79 Å². The number of aromatic nitrogens is 1. The molecule has 1 aliphatic rings. The number of unbranched alkanes of at least 4 members (excludes halogenated alkanes) is 1. The summed E-state index contributed by atoms with van der Waals surface area (Å²) in [4.78, 5) is 33.3. The number of ether oxygens (including phenoxy) is 3. The van der Waals surface area contributed by atoms with Crippen LogP contribution in [0.15, 0.2) is 64.3 Å². The minimum atomic E-state index is -0.990. The van der Waals surface area contributed by atoms with Crippen LogP contribution < -0.4 is 19.1 Å². The van der Waals surface area contributed by atoms with Gasteiger partial charge in [-0.2, -0.15) is 0 Å². The number of anilines is 1. The van der Waals surface area contributed by atoms with E-state index in [0.29, 0.717) is 52.4 Å². The molecule has 0 bridgehead atoms. The molecule has 1 N–H and O–H groups in total. The summed E-state index contributed by atoms with van der Waals surface area (Å²) in [5, 5.41) is 11.4. The Bertz CT molecular complexity index is 1600. The molecule has 2 aromatic carbocycles. The number of carbonyl (C=O) groups is 2. The number of benzene rings is 2. The molecule has 40 heavy (non-hydrogen) atoms. The van der Waals surface area contributed by atoms with E-state index in [1.54, 1.807) is 31.2 Å². The zero-order chi connectivity index (χ0) is 28.4. The predicted molar refractivity (Wildman–Crippen MR) is 152 cm³/mol. The number of hydrogen-bond donors (Lipinski definition) is 1. The van der Waals surface area contributed by atoms with Crippen LogP contribution in [-0.4, -0.2) is 42.1 Å². The highest BCUT2D eigenvalue weighted by Gasteiger charge is 2.46. The van der Waals surface area contributed by atoms with Gasteiger partial charge >= 0.3 is 0 Å². The molecule has 0 saturated carbocycles. The summed E-state index contributed by atoms with van der Waals surface area (Å²) in [5.41, 5.74) is 1.10. The number of aliphatic hydroxyl groups excluding tert-OH is 1. The highest BCUT2D eigenvalue weighted by molar-refractivity contribution is 7.22. The van der Waals surface area contributed by atoms with E-state index in [1.807, 2.05) is 25.1 Å². The first-order valence-electron chi connectivity index (χ1n) is 13.1. The fourth-order valence-electron chi connectivity index (χ4n) is 4.59. The van der Waals surface area contributed by atoms with Gasteiger partial charge in [-0.3, -0.25) is 14.5 Å². The Morgan fingerprint density at radius 1 is 1.10 bits per heavy atom. The number of nitrogens with zero attached hydrogens (tertiary/aromatic N) is 2. The van der Waals surface area contributed by atoms with E-state index in [4.69, 9.17) is 18.6 Å². The number of thiazole rings is 1. The molecule has 0 saturated heterocycles. The van der Waals surface area contributed by atoms with Gasteiger partial charge in [0.25, 0.3) is 5.91 Å². The van der Waals surface area contributed by atoms with Gasteiger partial charge in [-0.25, -0.2) is 4.98 Å². The third-order valence-electron chi connectivity index (χ3n) is 6.54. The van der Waals surface area contributed by atoms with Crippen molar-refractivity contribution in [3.05, 3.63) is 76.9 Å². The Morgan fingerprint density at radius 3 is 2.62 bits per heavy atom. The standard InChI is InChI=1S/C30H30N2O7S/c1-5-7-14-38-21-13-9-18(15-23(21)36-4)26-25(27(33)22-12-8-17(3)39-22)28(34)29(35)32(26)30-31-20-11-10-19(37-6-2)16-24(20)40-30/h8-13,15-16,26,34H,5-7,14H2,1-4H3. The molecule has 0 radical (unpaired) electrons. The molecule has 2 aromatic heterocycles. The summed E-state index contributed by atoms with van der Waals surface area (Å²) in [6, 6.07) is 12.9. The third-order valence-corrected chi connectivity index (χ3v) is 7.56. The van der Waals surface area contributed by atoms with Crippen LogP contribution in [0.5, 0.6) is 17.2 Å². The van der Waals surface area contributed by atoms with Gasteiger partial charge in [-0.05, 0) is 68.3 Å². The molecule has 10 heteroatoms. The zero-order valence-corrected chi connectivity index (χ0v) is 23.5. The Hall–Kier alpha value is -4.31. The lowest BCUT2D eigenvalue weighted by Crippen LogP contribution is -2.31. The van der Waals surface area contributed by atoms with Crippen molar-refractivity contribution in [3.63, 3.8) is 0 Å². The Kier molecular flexibility index (Phi) is 7.79. The zero-order valence-electron chi connectivity index (χ0n) is 22.7. The summed E-state index contributed by atoms with van der Waals surface area (Å²) in [5.74, 6) is 0.254. The fourth-order valence-corrected chi connectivity index (χ4v) is 5.61. The number of methoxy groups -OCH3 is 1. The van der Waals surface area contributed by atoms with Crippen LogP contribution >= 0.6 is 11.3 Å². The normalized spacial score (nSPS) is 15.2. The minimum Gasteiger partial charge on any atom is -0.503 e. The van der Waals surface area contributed by atoms with Gasteiger partial charge < -0.3 is 23.7 Å². The van der Waals surface area contributed by atoms with Crippen molar-refractivity contribution in [2.45, 2.75) is 39.7 Å². The highest BCUT2D eigenvalue weighted by atomic mass is 32.1. The lowest BCUT2D eigenvalue weighted by Gasteiger charge is -2.25. The maximum Gasteiger partial charge on any atom is 0.296 e. The average Bonchev–Trinajstić information content (AvgIpc) is 3.64. The number of rotatable bonds is 11. The quantitative estimate of drug-likeness (QED) is 0.161. The second-order valence-electron chi connectivity index (χ2n) is 9.25. The molecular weight excluding hydrogens is 532 g/mol. The van der Waals surface area contributed by atoms with Gasteiger partial charge in [0.2, 0.25) is 5.78 Å². The SMILES string of the molecule is CCCCOc1ccc(C2C(C(=O)c3ccc(C)o3)=C(O)C(=O)N2c2nc3ccc(OCC)cc3s2)cc1OC. The van der Waals surface area contributed by atoms with Gasteiger partial charge in [0.05, 0.1) is 42.2 Å². The molecule has 1 atom stereocenters. The average molecular weight is 563 g/mol. The Morgan fingerprint density at radius 2 is 1.93 bits per heavy atom. The number of aryl methyl sites for hydroxylation is 1. The number of furan rings is 1. The largest absolute Gasteiger partial charge is 0.503 e. The van der Waals surface area contributed by atoms with Crippen molar-refractivity contribution in [2.24, 2.45) is 0 Å². The number of Topliss-reactive ketones (excluding diaryl/α,β-unsaturated/α-hetero) is 1. The van der Waals surface area contributed by atoms with E-state index in [9.17, 15) is 14.7 Å². The Balaban J connectivity index is 1.62. The maximum atomic E-state index is 13.7. The molecular formula is C30H30N2O7S. The molecule has 0 spiro atoms. The van der Waals surface area contributed by atoms with E-state index in [-0.39, 0.29) is 11.3 Å². The monoisotopic (exact) mass is 562 g/mol. The van der Waals surface area contributed by atoms with E-state index in [2.05, 4.69) is 11.9 Å². The number of amides is 1. The first-order chi connectivity index (χ1) is 19.4. The number of aliphatic hydroxyl groups is 1. The lowest BCUT2D eigenvalue weighted by molar-refractivity contribution is -0.117. The minimum absolute atomic E-state index is 0.0239. The molecule has 1 amide bonds. The van der Waals surface area contributed by atoms with E-state index >= 15 is 0 Å². The summed E-state index contributed by atoms with van der Waals surface area (Å²) >= 11 is 1.26. The molecule has 9 nitrogen and oxygen atoms in total. The molecule has 1 aliphatic heterocycles. The molecule has 0 fully saturated rings. The topological polar surface area (TPSA) is 111 Å². The van der Waals surface area contributed by atoms with Crippen molar-refractivity contribution in [2.75, 3.05) is 25.2 Å². The van der Waals surface area contributed by atoms with Crippen LogP contribution in [0, 0.1) is 6.92 Å². The van der Waals surface area contributed by atoms with E-state index in [0.717, 1.165) is 17.5 Å². The summed E-state index contributed by atoms with van der Waals surface area (Å²) in [7, 11) is 1.53. The van der Waals surface area contributed by atoms with E-state index < -0.39 is 23.5 Å². The van der Waals surface area contributed by atoms with Crippen molar-refractivity contribution < 1.29 is 33.3 Å². The molecule has 1 unspecified atom stereocenters. The Labute approximate surface area is 235 Å². The first-order valence-corrected chi connectivity index (χ1v) is 13.9. The van der Waals surface area contributed by atoms with Crippen molar-refractivity contribution in [1.29, 1.82) is 0 Å². The highest BCUT2D eigenvalue weighted by Crippen LogP contribution is 2.46. The summed E-state index contributed by atoms with van der Waals surface area (Å²) in [6.45, 7) is 6.73. The number of hydrogen-bond acceptors (Lipinski definition) is 9. The van der Waals surface area contributed by atoms with Crippen molar-refractivity contribution in [3.8, 4) is 17.2 Å². The lowest BCUT2D eigenvalue weighted by atomic mass is 9.95. The number of fused-ring (bicyclic) bond motifs is 1. The third kappa shape index (κ3) is 5.02. The predicted octanol–water partition coefficient (Wildman–Crippen LogP) is 6.57. The smallest absolute Gasteiger partial charge is 0.296 e. The molecule has 0 aliphatic carbocycles. The maximum absolute atomic E-state index is 13.7. The van der Waals surface area contributed by atoms with Crippen LogP contribution in [0.4, 0.5) is 5.13 Å². The van der Waals surface area contributed by atoms with Crippen molar-refractivity contribution in [1.82, 2.24) is 4.98 Å². The fraction of sp³-hybridized carbons (Fsp3) is 0.300. The van der Waals surface area contributed by atoms with Crippen molar-refractivity contribution >= 4 is 38.4 Å². The van der Waals surface area contributed by atoms with E-state index in [1.165, 1.54) is 29.4 Å². The summed E-state index contributed by atoms with van der Waals surface area (Å²) in [6.07, 6.45) is 1.87. The van der Waals surface area contributed by atoms with Crippen LogP contribution in [0.3, 0.4) is 0 Å². The molecule has 3 heterocycles. The molecule has 4 aromatic rings. The van der Waals surface area contributed by atoms with Crippen LogP contribution in [0.2, 0.25) is 0 Å². The number of ketones is 1. The van der Waals surface area contributed by atoms with Gasteiger partial charge in [0, 0.05) is 0 Å².